The van der Waals surface area contributed by atoms with Gasteiger partial charge in [-0.25, -0.2) is 4.98 Å². The molecule has 0 N–H and O–H groups in total. The van der Waals surface area contributed by atoms with E-state index in [0.717, 1.165) is 22.9 Å². The van der Waals surface area contributed by atoms with E-state index >= 15 is 0 Å². The van der Waals surface area contributed by atoms with Crippen LogP contribution in [0.4, 0.5) is 0 Å². The highest BCUT2D eigenvalue weighted by Crippen LogP contribution is 2.27. The van der Waals surface area contributed by atoms with Crippen LogP contribution in [-0.4, -0.2) is 9.55 Å². The van der Waals surface area contributed by atoms with Crippen LogP contribution in [0.2, 0.25) is 0 Å². The van der Waals surface area contributed by atoms with Crippen LogP contribution in [0.1, 0.15) is 35.2 Å². The maximum Gasteiger partial charge on any atom is 0.128 e. The summed E-state index contributed by atoms with van der Waals surface area (Å²) < 4.78 is 7.65. The molecule has 0 saturated carbocycles. The molecule has 3 rings (SSSR count). The highest BCUT2D eigenvalue weighted by Gasteiger charge is 2.18. The standard InChI is InChI=1S/C16H14ClN3O/c1-10-6-7-13(21-10)9-20-14-5-3-4-12(8-18)15(14)19-16(20)11(2)17/h3-7,11H,9H2,1-2H3. The molecule has 0 amide bonds. The smallest absolute Gasteiger partial charge is 0.128 e. The van der Waals surface area contributed by atoms with Gasteiger partial charge in [0.15, 0.2) is 0 Å². The van der Waals surface area contributed by atoms with Crippen molar-refractivity contribution in [1.82, 2.24) is 9.55 Å². The van der Waals surface area contributed by atoms with Crippen LogP contribution in [0.3, 0.4) is 0 Å². The molecule has 0 aliphatic carbocycles. The second-order valence-corrected chi connectivity index (χ2v) is 5.62. The van der Waals surface area contributed by atoms with Crippen molar-refractivity contribution in [3.8, 4) is 6.07 Å². The van der Waals surface area contributed by atoms with Gasteiger partial charge in [-0.05, 0) is 38.1 Å². The summed E-state index contributed by atoms with van der Waals surface area (Å²) in [5.41, 5.74) is 2.14. The Balaban J connectivity index is 2.19. The van der Waals surface area contributed by atoms with Crippen molar-refractivity contribution in [1.29, 1.82) is 5.26 Å². The fraction of sp³-hybridized carbons (Fsp3) is 0.250. The molecule has 1 unspecified atom stereocenters. The topological polar surface area (TPSA) is 54.8 Å². The van der Waals surface area contributed by atoms with Gasteiger partial charge in [-0.15, -0.1) is 11.6 Å². The maximum atomic E-state index is 9.22. The summed E-state index contributed by atoms with van der Waals surface area (Å²) in [7, 11) is 0. The largest absolute Gasteiger partial charge is 0.464 e. The summed E-state index contributed by atoms with van der Waals surface area (Å²) >= 11 is 6.25. The average Bonchev–Trinajstić information content (AvgIpc) is 3.03. The van der Waals surface area contributed by atoms with Crippen molar-refractivity contribution in [2.24, 2.45) is 0 Å². The number of hydrogen-bond acceptors (Lipinski definition) is 3. The Morgan fingerprint density at radius 1 is 1.38 bits per heavy atom. The molecule has 1 atom stereocenters. The lowest BCUT2D eigenvalue weighted by atomic mass is 10.2. The normalized spacial score (nSPS) is 12.5. The second kappa shape index (κ2) is 5.27. The van der Waals surface area contributed by atoms with E-state index in [1.807, 2.05) is 42.7 Å². The third-order valence-corrected chi connectivity index (χ3v) is 3.59. The molecule has 2 aromatic heterocycles. The van der Waals surface area contributed by atoms with E-state index in [1.165, 1.54) is 0 Å². The number of hydrogen-bond donors (Lipinski definition) is 0. The zero-order chi connectivity index (χ0) is 15.0. The Bertz CT molecular complexity index is 839. The Morgan fingerprint density at radius 2 is 2.19 bits per heavy atom. The van der Waals surface area contributed by atoms with E-state index in [-0.39, 0.29) is 5.38 Å². The minimum atomic E-state index is -0.250. The molecule has 0 aliphatic heterocycles. The van der Waals surface area contributed by atoms with Crippen molar-refractivity contribution >= 4 is 22.6 Å². The highest BCUT2D eigenvalue weighted by molar-refractivity contribution is 6.20. The van der Waals surface area contributed by atoms with Gasteiger partial charge >= 0.3 is 0 Å². The minimum Gasteiger partial charge on any atom is -0.464 e. The van der Waals surface area contributed by atoms with E-state index in [2.05, 4.69) is 11.1 Å². The maximum absolute atomic E-state index is 9.22. The van der Waals surface area contributed by atoms with Crippen LogP contribution in [-0.2, 0) is 6.54 Å². The molecular formula is C16H14ClN3O. The number of rotatable bonds is 3. The molecule has 0 saturated heterocycles. The van der Waals surface area contributed by atoms with Gasteiger partial charge in [0, 0.05) is 0 Å². The second-order valence-electron chi connectivity index (χ2n) is 4.97. The van der Waals surface area contributed by atoms with E-state index < -0.39 is 0 Å². The Labute approximate surface area is 127 Å². The molecule has 0 fully saturated rings. The zero-order valence-electron chi connectivity index (χ0n) is 11.8. The van der Waals surface area contributed by atoms with Gasteiger partial charge in [-0.1, -0.05) is 6.07 Å². The number of furan rings is 1. The van der Waals surface area contributed by atoms with Crippen molar-refractivity contribution in [3.05, 3.63) is 53.2 Å². The summed E-state index contributed by atoms with van der Waals surface area (Å²) in [6.07, 6.45) is 0. The summed E-state index contributed by atoms with van der Waals surface area (Å²) in [5, 5.41) is 8.97. The van der Waals surface area contributed by atoms with Gasteiger partial charge in [0.1, 0.15) is 28.9 Å². The molecular weight excluding hydrogens is 286 g/mol. The molecule has 21 heavy (non-hydrogen) atoms. The number of benzene rings is 1. The number of aromatic nitrogens is 2. The SMILES string of the molecule is Cc1ccc(Cn2c(C(C)Cl)nc3c(C#N)cccc32)o1. The third-order valence-electron chi connectivity index (χ3n) is 3.39. The number of imidazole rings is 1. The number of aryl methyl sites for hydroxylation is 1. The first-order chi connectivity index (χ1) is 10.1. The minimum absolute atomic E-state index is 0.250. The number of halogens is 1. The molecule has 0 bridgehead atoms. The zero-order valence-corrected chi connectivity index (χ0v) is 12.6. The lowest BCUT2D eigenvalue weighted by Gasteiger charge is -2.08. The van der Waals surface area contributed by atoms with Gasteiger partial charge in [0.2, 0.25) is 0 Å². The summed E-state index contributed by atoms with van der Waals surface area (Å²) in [5.74, 6) is 2.45. The van der Waals surface area contributed by atoms with Crippen molar-refractivity contribution in [3.63, 3.8) is 0 Å². The molecule has 0 radical (unpaired) electrons. The number of fused-ring (bicyclic) bond motifs is 1. The fourth-order valence-electron chi connectivity index (χ4n) is 2.45. The van der Waals surface area contributed by atoms with Gasteiger partial charge in [0.25, 0.3) is 0 Å². The van der Waals surface area contributed by atoms with Crippen molar-refractivity contribution in [2.45, 2.75) is 25.8 Å². The summed E-state index contributed by atoms with van der Waals surface area (Å²) in [6.45, 7) is 4.33. The lowest BCUT2D eigenvalue weighted by molar-refractivity contribution is 0.469. The lowest BCUT2D eigenvalue weighted by Crippen LogP contribution is -2.05. The molecule has 106 valence electrons. The monoisotopic (exact) mass is 299 g/mol. The fourth-order valence-corrected chi connectivity index (χ4v) is 2.62. The quantitative estimate of drug-likeness (QED) is 0.682. The molecule has 2 heterocycles. The average molecular weight is 300 g/mol. The Kier molecular flexibility index (Phi) is 3.44. The number of nitrogens with zero attached hydrogens (tertiary/aromatic N) is 3. The third kappa shape index (κ3) is 2.41. The van der Waals surface area contributed by atoms with E-state index in [0.29, 0.717) is 17.6 Å². The van der Waals surface area contributed by atoms with Crippen LogP contribution in [0.15, 0.2) is 34.7 Å². The predicted molar refractivity (Wildman–Crippen MR) is 81.3 cm³/mol. The molecule has 0 aliphatic rings. The number of nitriles is 1. The van der Waals surface area contributed by atoms with E-state index in [9.17, 15) is 5.26 Å². The van der Waals surface area contributed by atoms with Crippen molar-refractivity contribution in [2.75, 3.05) is 0 Å². The van der Waals surface area contributed by atoms with Crippen LogP contribution < -0.4 is 0 Å². The van der Waals surface area contributed by atoms with Gasteiger partial charge in [0.05, 0.1) is 23.0 Å². The summed E-state index contributed by atoms with van der Waals surface area (Å²) in [6, 6.07) is 11.6. The van der Waals surface area contributed by atoms with Crippen molar-refractivity contribution < 1.29 is 4.42 Å². The van der Waals surface area contributed by atoms with Crippen LogP contribution in [0.25, 0.3) is 11.0 Å². The van der Waals surface area contributed by atoms with E-state index in [1.54, 1.807) is 6.07 Å². The van der Waals surface area contributed by atoms with Gasteiger partial charge in [-0.3, -0.25) is 0 Å². The van der Waals surface area contributed by atoms with E-state index in [4.69, 9.17) is 16.0 Å². The first-order valence-electron chi connectivity index (χ1n) is 6.69. The predicted octanol–water partition coefficient (Wildman–Crippen LogP) is 4.16. The molecule has 1 aromatic carbocycles. The number of alkyl halides is 1. The Hall–Kier alpha value is -2.25. The summed E-state index contributed by atoms with van der Waals surface area (Å²) in [4.78, 5) is 4.55. The Morgan fingerprint density at radius 3 is 2.81 bits per heavy atom. The molecule has 3 aromatic rings. The van der Waals surface area contributed by atoms with Crippen LogP contribution in [0, 0.1) is 18.3 Å². The molecule has 4 nitrogen and oxygen atoms in total. The van der Waals surface area contributed by atoms with Crippen LogP contribution >= 0.6 is 11.6 Å². The van der Waals surface area contributed by atoms with Gasteiger partial charge in [-0.2, -0.15) is 5.26 Å². The first-order valence-corrected chi connectivity index (χ1v) is 7.12. The molecule has 5 heteroatoms. The highest BCUT2D eigenvalue weighted by atomic mass is 35.5. The van der Waals surface area contributed by atoms with Crippen LogP contribution in [0.5, 0.6) is 0 Å². The number of para-hydroxylation sites is 1. The molecule has 0 spiro atoms. The van der Waals surface area contributed by atoms with Gasteiger partial charge < -0.3 is 8.98 Å². The first kappa shape index (κ1) is 13.7.